The molecule has 0 radical (unpaired) electrons. The summed E-state index contributed by atoms with van der Waals surface area (Å²) in [6.45, 7) is 8.36. The van der Waals surface area contributed by atoms with E-state index in [2.05, 4.69) is 16.0 Å². The minimum absolute atomic E-state index is 0.0608. The standard InChI is InChI=1S/C19H25N3O3/c1-19(2,3)25-18(24)22-10-8-21(9-11-22)16-7-5-14-4-6-15(13-23)20-17(14)12-16/h4-7,12,23H,8-11,13H2,1-3H3. The van der Waals surface area contributed by atoms with Gasteiger partial charge in [0, 0.05) is 37.3 Å². The Morgan fingerprint density at radius 1 is 1.16 bits per heavy atom. The average molecular weight is 343 g/mol. The van der Waals surface area contributed by atoms with Gasteiger partial charge in [0.2, 0.25) is 0 Å². The van der Waals surface area contributed by atoms with Gasteiger partial charge in [-0.25, -0.2) is 4.79 Å². The molecule has 25 heavy (non-hydrogen) atoms. The van der Waals surface area contributed by atoms with Crippen LogP contribution in [0.4, 0.5) is 10.5 Å². The van der Waals surface area contributed by atoms with Crippen LogP contribution >= 0.6 is 0 Å². The number of piperazine rings is 1. The number of pyridine rings is 1. The smallest absolute Gasteiger partial charge is 0.410 e. The highest BCUT2D eigenvalue weighted by Gasteiger charge is 2.26. The van der Waals surface area contributed by atoms with Gasteiger partial charge in [-0.2, -0.15) is 0 Å². The summed E-state index contributed by atoms with van der Waals surface area (Å²) in [6.07, 6.45) is -0.250. The molecule has 1 saturated heterocycles. The Hall–Kier alpha value is -2.34. The summed E-state index contributed by atoms with van der Waals surface area (Å²) in [5, 5.41) is 10.3. The Bertz CT molecular complexity index is 762. The zero-order chi connectivity index (χ0) is 18.0. The fraction of sp³-hybridized carbons (Fsp3) is 0.474. The predicted molar refractivity (Wildman–Crippen MR) is 97.7 cm³/mol. The molecule has 6 heteroatoms. The van der Waals surface area contributed by atoms with Gasteiger partial charge in [0.25, 0.3) is 0 Å². The molecule has 1 amide bonds. The molecule has 1 fully saturated rings. The first-order valence-corrected chi connectivity index (χ1v) is 8.59. The Labute approximate surface area is 148 Å². The number of anilines is 1. The molecule has 0 unspecified atom stereocenters. The number of hydrogen-bond acceptors (Lipinski definition) is 5. The van der Waals surface area contributed by atoms with E-state index in [1.54, 1.807) is 4.90 Å². The second-order valence-electron chi connectivity index (χ2n) is 7.29. The highest BCUT2D eigenvalue weighted by atomic mass is 16.6. The van der Waals surface area contributed by atoms with Crippen LogP contribution in [0.1, 0.15) is 26.5 Å². The quantitative estimate of drug-likeness (QED) is 0.908. The summed E-state index contributed by atoms with van der Waals surface area (Å²) in [4.78, 5) is 20.6. The molecule has 0 saturated carbocycles. The first-order valence-electron chi connectivity index (χ1n) is 8.59. The summed E-state index contributed by atoms with van der Waals surface area (Å²) in [5.74, 6) is 0. The Morgan fingerprint density at radius 2 is 1.84 bits per heavy atom. The average Bonchev–Trinajstić information content (AvgIpc) is 2.59. The number of benzene rings is 1. The van der Waals surface area contributed by atoms with Crippen LogP contribution in [-0.2, 0) is 11.3 Å². The molecule has 6 nitrogen and oxygen atoms in total. The molecule has 1 aromatic heterocycles. The summed E-state index contributed by atoms with van der Waals surface area (Å²) in [5.41, 5.74) is 2.15. The van der Waals surface area contributed by atoms with Gasteiger partial charge < -0.3 is 19.6 Å². The first-order chi connectivity index (χ1) is 11.9. The lowest BCUT2D eigenvalue weighted by Gasteiger charge is -2.36. The molecule has 0 atom stereocenters. The van der Waals surface area contributed by atoms with E-state index in [1.165, 1.54) is 0 Å². The van der Waals surface area contributed by atoms with Crippen molar-refractivity contribution >= 4 is 22.7 Å². The van der Waals surface area contributed by atoms with Crippen molar-refractivity contribution < 1.29 is 14.6 Å². The molecule has 3 rings (SSSR count). The van der Waals surface area contributed by atoms with Gasteiger partial charge in [-0.1, -0.05) is 12.1 Å². The van der Waals surface area contributed by atoms with Crippen LogP contribution in [0.2, 0.25) is 0 Å². The van der Waals surface area contributed by atoms with Crippen LogP contribution in [-0.4, -0.2) is 52.9 Å². The number of aliphatic hydroxyl groups excluding tert-OH is 1. The maximum absolute atomic E-state index is 12.2. The maximum Gasteiger partial charge on any atom is 0.410 e. The minimum Gasteiger partial charge on any atom is -0.444 e. The van der Waals surface area contributed by atoms with E-state index < -0.39 is 5.60 Å². The molecule has 2 aromatic rings. The molecule has 1 aliphatic rings. The highest BCUT2D eigenvalue weighted by Crippen LogP contribution is 2.23. The van der Waals surface area contributed by atoms with E-state index in [1.807, 2.05) is 45.0 Å². The van der Waals surface area contributed by atoms with Crippen molar-refractivity contribution in [3.8, 4) is 0 Å². The van der Waals surface area contributed by atoms with E-state index in [4.69, 9.17) is 4.74 Å². The number of ether oxygens (including phenoxy) is 1. The number of rotatable bonds is 2. The van der Waals surface area contributed by atoms with Crippen molar-refractivity contribution in [3.63, 3.8) is 0 Å². The Kier molecular flexibility index (Phi) is 4.81. The lowest BCUT2D eigenvalue weighted by molar-refractivity contribution is 0.0240. The summed E-state index contributed by atoms with van der Waals surface area (Å²) in [7, 11) is 0. The van der Waals surface area contributed by atoms with E-state index in [0.717, 1.165) is 29.7 Å². The molecule has 0 aliphatic carbocycles. The lowest BCUT2D eigenvalue weighted by Crippen LogP contribution is -2.50. The van der Waals surface area contributed by atoms with Gasteiger partial charge in [0.05, 0.1) is 17.8 Å². The molecular weight excluding hydrogens is 318 g/mol. The third-order valence-electron chi connectivity index (χ3n) is 4.19. The summed E-state index contributed by atoms with van der Waals surface area (Å²) in [6, 6.07) is 9.96. The number of aromatic nitrogens is 1. The van der Waals surface area contributed by atoms with Crippen LogP contribution in [0.3, 0.4) is 0 Å². The van der Waals surface area contributed by atoms with Gasteiger partial charge in [0.15, 0.2) is 0 Å². The second-order valence-corrected chi connectivity index (χ2v) is 7.29. The van der Waals surface area contributed by atoms with E-state index in [-0.39, 0.29) is 12.7 Å². The van der Waals surface area contributed by atoms with Gasteiger partial charge in [-0.3, -0.25) is 4.98 Å². The summed E-state index contributed by atoms with van der Waals surface area (Å²) < 4.78 is 5.44. The number of hydrogen-bond donors (Lipinski definition) is 1. The monoisotopic (exact) mass is 343 g/mol. The highest BCUT2D eigenvalue weighted by molar-refractivity contribution is 5.82. The largest absolute Gasteiger partial charge is 0.444 e. The number of aliphatic hydroxyl groups is 1. The molecule has 0 bridgehead atoms. The number of carbonyl (C=O) groups is 1. The van der Waals surface area contributed by atoms with Gasteiger partial charge >= 0.3 is 6.09 Å². The van der Waals surface area contributed by atoms with Gasteiger partial charge in [-0.15, -0.1) is 0 Å². The zero-order valence-electron chi connectivity index (χ0n) is 15.0. The van der Waals surface area contributed by atoms with Crippen LogP contribution in [0.5, 0.6) is 0 Å². The fourth-order valence-electron chi connectivity index (χ4n) is 2.91. The maximum atomic E-state index is 12.2. The molecule has 0 spiro atoms. The minimum atomic E-state index is -0.470. The van der Waals surface area contributed by atoms with Crippen molar-refractivity contribution in [3.05, 3.63) is 36.0 Å². The third-order valence-corrected chi connectivity index (χ3v) is 4.19. The van der Waals surface area contributed by atoms with Crippen molar-refractivity contribution in [2.24, 2.45) is 0 Å². The fourth-order valence-corrected chi connectivity index (χ4v) is 2.91. The summed E-state index contributed by atoms with van der Waals surface area (Å²) >= 11 is 0. The number of carbonyl (C=O) groups excluding carboxylic acids is 1. The van der Waals surface area contributed by atoms with Crippen LogP contribution in [0, 0.1) is 0 Å². The predicted octanol–water partition coefficient (Wildman–Crippen LogP) is 2.78. The van der Waals surface area contributed by atoms with Crippen molar-refractivity contribution in [1.29, 1.82) is 0 Å². The first kappa shape index (κ1) is 17.5. The lowest BCUT2D eigenvalue weighted by atomic mass is 10.1. The molecule has 1 aliphatic heterocycles. The van der Waals surface area contributed by atoms with E-state index in [9.17, 15) is 9.90 Å². The number of fused-ring (bicyclic) bond motifs is 1. The Balaban J connectivity index is 1.68. The molecular formula is C19H25N3O3. The number of nitrogens with zero attached hydrogens (tertiary/aromatic N) is 3. The van der Waals surface area contributed by atoms with Crippen molar-refractivity contribution in [1.82, 2.24) is 9.88 Å². The molecule has 2 heterocycles. The normalized spacial score (nSPS) is 15.5. The molecule has 134 valence electrons. The molecule has 1 N–H and O–H groups in total. The van der Waals surface area contributed by atoms with Gasteiger partial charge in [-0.05, 0) is 39.0 Å². The van der Waals surface area contributed by atoms with E-state index in [0.29, 0.717) is 18.8 Å². The topological polar surface area (TPSA) is 65.9 Å². The third kappa shape index (κ3) is 4.20. The Morgan fingerprint density at radius 3 is 2.48 bits per heavy atom. The molecule has 1 aromatic carbocycles. The van der Waals surface area contributed by atoms with Crippen LogP contribution in [0.15, 0.2) is 30.3 Å². The van der Waals surface area contributed by atoms with Crippen molar-refractivity contribution in [2.75, 3.05) is 31.1 Å². The van der Waals surface area contributed by atoms with Crippen molar-refractivity contribution in [2.45, 2.75) is 33.0 Å². The van der Waals surface area contributed by atoms with Crippen LogP contribution in [0.25, 0.3) is 10.9 Å². The SMILES string of the molecule is CC(C)(C)OC(=O)N1CCN(c2ccc3ccc(CO)nc3c2)CC1. The van der Waals surface area contributed by atoms with Gasteiger partial charge in [0.1, 0.15) is 5.60 Å². The second kappa shape index (κ2) is 6.88. The number of amides is 1. The van der Waals surface area contributed by atoms with Crippen LogP contribution < -0.4 is 4.90 Å². The van der Waals surface area contributed by atoms with E-state index >= 15 is 0 Å². The zero-order valence-corrected chi connectivity index (χ0v) is 15.0.